The Morgan fingerprint density at radius 2 is 2.33 bits per heavy atom. The Balaban J connectivity index is 1.67. The van der Waals surface area contributed by atoms with Crippen LogP contribution in [0.15, 0.2) is 29.0 Å². The van der Waals surface area contributed by atoms with Crippen molar-refractivity contribution in [3.63, 3.8) is 0 Å². The van der Waals surface area contributed by atoms with Crippen molar-refractivity contribution >= 4 is 32.4 Å². The number of anilines is 2. The molecular weight excluding hydrogens is 250 g/mol. The van der Waals surface area contributed by atoms with Crippen molar-refractivity contribution in [2.45, 2.75) is 6.42 Å². The van der Waals surface area contributed by atoms with E-state index in [1.807, 2.05) is 18.2 Å². The van der Waals surface area contributed by atoms with Gasteiger partial charge in [-0.3, -0.25) is 0 Å². The largest absolute Gasteiger partial charge is 0.399 e. The standard InChI is InChI=1S/C11H11N5OS/c12-7-1-2-8-9(5-7)18-11(16-8)13-4-3-10-14-6-15-17-10/h1-2,5-6H,3-4,12H2,(H,13,16). The van der Waals surface area contributed by atoms with Gasteiger partial charge in [0.2, 0.25) is 5.89 Å². The van der Waals surface area contributed by atoms with Crippen LogP contribution in [0.5, 0.6) is 0 Å². The van der Waals surface area contributed by atoms with E-state index in [9.17, 15) is 0 Å². The molecule has 1 aromatic carbocycles. The zero-order valence-electron chi connectivity index (χ0n) is 9.46. The Morgan fingerprint density at radius 3 is 3.17 bits per heavy atom. The fourth-order valence-electron chi connectivity index (χ4n) is 1.60. The highest BCUT2D eigenvalue weighted by molar-refractivity contribution is 7.22. The summed E-state index contributed by atoms with van der Waals surface area (Å²) in [5, 5.41) is 7.65. The summed E-state index contributed by atoms with van der Waals surface area (Å²) in [7, 11) is 0. The van der Waals surface area contributed by atoms with Crippen molar-refractivity contribution < 1.29 is 4.52 Å². The van der Waals surface area contributed by atoms with Crippen LogP contribution >= 0.6 is 11.3 Å². The van der Waals surface area contributed by atoms with Crippen LogP contribution in [0.3, 0.4) is 0 Å². The molecule has 7 heteroatoms. The van der Waals surface area contributed by atoms with Crippen molar-refractivity contribution in [1.82, 2.24) is 15.1 Å². The molecule has 0 fully saturated rings. The van der Waals surface area contributed by atoms with Crippen molar-refractivity contribution in [2.75, 3.05) is 17.6 Å². The Bertz CT molecular complexity index is 649. The molecule has 0 aliphatic carbocycles. The molecule has 92 valence electrons. The first-order valence-electron chi connectivity index (χ1n) is 5.47. The maximum atomic E-state index is 5.73. The number of benzene rings is 1. The molecule has 3 rings (SSSR count). The summed E-state index contributed by atoms with van der Waals surface area (Å²) in [4.78, 5) is 8.41. The smallest absolute Gasteiger partial charge is 0.228 e. The highest BCUT2D eigenvalue weighted by atomic mass is 32.1. The topological polar surface area (TPSA) is 89.9 Å². The van der Waals surface area contributed by atoms with E-state index in [0.29, 0.717) is 18.9 Å². The first-order chi connectivity index (χ1) is 8.81. The number of nitrogens with zero attached hydrogens (tertiary/aromatic N) is 3. The summed E-state index contributed by atoms with van der Waals surface area (Å²) < 4.78 is 5.99. The van der Waals surface area contributed by atoms with Gasteiger partial charge in [-0.05, 0) is 18.2 Å². The first kappa shape index (κ1) is 11.0. The zero-order chi connectivity index (χ0) is 12.4. The SMILES string of the molecule is Nc1ccc2nc(NCCc3ncno3)sc2c1. The first-order valence-corrected chi connectivity index (χ1v) is 6.28. The fourth-order valence-corrected chi connectivity index (χ4v) is 2.54. The number of aromatic nitrogens is 3. The number of nitrogens with two attached hydrogens (primary N) is 1. The van der Waals surface area contributed by atoms with Crippen molar-refractivity contribution in [3.8, 4) is 0 Å². The van der Waals surface area contributed by atoms with Crippen molar-refractivity contribution in [1.29, 1.82) is 0 Å². The lowest BCUT2D eigenvalue weighted by molar-refractivity contribution is 0.380. The maximum absolute atomic E-state index is 5.73. The van der Waals surface area contributed by atoms with E-state index in [-0.39, 0.29) is 0 Å². The van der Waals surface area contributed by atoms with Gasteiger partial charge in [0.05, 0.1) is 10.2 Å². The Labute approximate surface area is 107 Å². The number of nitrogens with one attached hydrogen (secondary N) is 1. The van der Waals surface area contributed by atoms with E-state index < -0.39 is 0 Å². The van der Waals surface area contributed by atoms with Gasteiger partial charge in [0.25, 0.3) is 0 Å². The summed E-state index contributed by atoms with van der Waals surface area (Å²) in [5.41, 5.74) is 7.43. The molecule has 3 N–H and O–H groups in total. The van der Waals surface area contributed by atoms with E-state index >= 15 is 0 Å². The predicted octanol–water partition coefficient (Wildman–Crippen LogP) is 1.92. The summed E-state index contributed by atoms with van der Waals surface area (Å²) in [5.74, 6) is 0.618. The minimum Gasteiger partial charge on any atom is -0.399 e. The van der Waals surface area contributed by atoms with Gasteiger partial charge in [0.1, 0.15) is 0 Å². The minimum atomic E-state index is 0.618. The Morgan fingerprint density at radius 1 is 1.39 bits per heavy atom. The minimum absolute atomic E-state index is 0.618. The molecule has 6 nitrogen and oxygen atoms in total. The van der Waals surface area contributed by atoms with E-state index in [4.69, 9.17) is 10.3 Å². The van der Waals surface area contributed by atoms with E-state index in [0.717, 1.165) is 21.0 Å². The van der Waals surface area contributed by atoms with Crippen LogP contribution in [0.2, 0.25) is 0 Å². The van der Waals surface area contributed by atoms with Gasteiger partial charge in [-0.2, -0.15) is 4.98 Å². The zero-order valence-corrected chi connectivity index (χ0v) is 10.3. The second kappa shape index (κ2) is 4.61. The van der Waals surface area contributed by atoms with Gasteiger partial charge in [-0.25, -0.2) is 4.98 Å². The molecular formula is C11H11N5OS. The third-order valence-electron chi connectivity index (χ3n) is 2.43. The number of thiazole rings is 1. The predicted molar refractivity (Wildman–Crippen MR) is 70.5 cm³/mol. The average Bonchev–Trinajstić information content (AvgIpc) is 2.97. The lowest BCUT2D eigenvalue weighted by Gasteiger charge is -1.97. The number of rotatable bonds is 4. The molecule has 2 heterocycles. The van der Waals surface area contributed by atoms with E-state index in [2.05, 4.69) is 20.4 Å². The van der Waals surface area contributed by atoms with Gasteiger partial charge >= 0.3 is 0 Å². The van der Waals surface area contributed by atoms with Crippen LogP contribution in [0.25, 0.3) is 10.2 Å². The van der Waals surface area contributed by atoms with Gasteiger partial charge < -0.3 is 15.6 Å². The van der Waals surface area contributed by atoms with E-state index in [1.54, 1.807) is 11.3 Å². The third kappa shape index (κ3) is 2.25. The Hall–Kier alpha value is -2.15. The van der Waals surface area contributed by atoms with Crippen molar-refractivity contribution in [2.24, 2.45) is 0 Å². The highest BCUT2D eigenvalue weighted by Crippen LogP contribution is 2.27. The van der Waals surface area contributed by atoms with Crippen LogP contribution in [0.4, 0.5) is 10.8 Å². The van der Waals surface area contributed by atoms with Crippen LogP contribution in [0.1, 0.15) is 5.89 Å². The quantitative estimate of drug-likeness (QED) is 0.697. The van der Waals surface area contributed by atoms with Gasteiger partial charge in [0.15, 0.2) is 11.5 Å². The molecule has 0 aliphatic rings. The average molecular weight is 261 g/mol. The van der Waals surface area contributed by atoms with Crippen LogP contribution in [-0.4, -0.2) is 21.7 Å². The number of hydrogen-bond acceptors (Lipinski definition) is 7. The molecule has 0 amide bonds. The number of nitrogen functional groups attached to an aromatic ring is 1. The summed E-state index contributed by atoms with van der Waals surface area (Å²) >= 11 is 1.58. The van der Waals surface area contributed by atoms with Gasteiger partial charge in [-0.15, -0.1) is 0 Å². The fraction of sp³-hybridized carbons (Fsp3) is 0.182. The second-order valence-corrected chi connectivity index (χ2v) is 4.79. The molecule has 0 spiro atoms. The molecule has 0 unspecified atom stereocenters. The lowest BCUT2D eigenvalue weighted by Crippen LogP contribution is -2.04. The monoisotopic (exact) mass is 261 g/mol. The highest BCUT2D eigenvalue weighted by Gasteiger charge is 2.04. The number of hydrogen-bond donors (Lipinski definition) is 2. The summed E-state index contributed by atoms with van der Waals surface area (Å²) in [6.45, 7) is 0.706. The molecule has 18 heavy (non-hydrogen) atoms. The van der Waals surface area contributed by atoms with Gasteiger partial charge in [-0.1, -0.05) is 16.5 Å². The van der Waals surface area contributed by atoms with Crippen LogP contribution in [-0.2, 0) is 6.42 Å². The molecule has 0 atom stereocenters. The Kier molecular flexibility index (Phi) is 2.81. The molecule has 2 aromatic heterocycles. The van der Waals surface area contributed by atoms with Crippen molar-refractivity contribution in [3.05, 3.63) is 30.4 Å². The van der Waals surface area contributed by atoms with E-state index in [1.165, 1.54) is 6.33 Å². The maximum Gasteiger partial charge on any atom is 0.228 e. The lowest BCUT2D eigenvalue weighted by atomic mass is 10.3. The molecule has 0 saturated heterocycles. The molecule has 0 bridgehead atoms. The summed E-state index contributed by atoms with van der Waals surface area (Å²) in [6, 6.07) is 5.70. The summed E-state index contributed by atoms with van der Waals surface area (Å²) in [6.07, 6.45) is 2.08. The van der Waals surface area contributed by atoms with Crippen LogP contribution in [0, 0.1) is 0 Å². The molecule has 0 radical (unpaired) electrons. The second-order valence-electron chi connectivity index (χ2n) is 3.76. The van der Waals surface area contributed by atoms with Crippen LogP contribution < -0.4 is 11.1 Å². The number of fused-ring (bicyclic) bond motifs is 1. The molecule has 0 saturated carbocycles. The van der Waals surface area contributed by atoms with Gasteiger partial charge in [0, 0.05) is 18.7 Å². The molecule has 0 aliphatic heterocycles. The normalized spacial score (nSPS) is 10.9. The molecule has 3 aromatic rings. The third-order valence-corrected chi connectivity index (χ3v) is 3.41.